The molecule has 2 heterocycles. The third kappa shape index (κ3) is 3.58. The van der Waals surface area contributed by atoms with Gasteiger partial charge in [0, 0.05) is 43.1 Å². The lowest BCUT2D eigenvalue weighted by Crippen LogP contribution is -2.32. The number of ether oxygens (including phenoxy) is 1. The minimum absolute atomic E-state index is 0. The molecule has 1 amide bonds. The van der Waals surface area contributed by atoms with Gasteiger partial charge in [0.25, 0.3) is 5.91 Å². The highest BCUT2D eigenvalue weighted by Crippen LogP contribution is 2.31. The lowest BCUT2D eigenvalue weighted by atomic mass is 9.95. The highest BCUT2D eigenvalue weighted by molar-refractivity contribution is 5.99. The van der Waals surface area contributed by atoms with Crippen molar-refractivity contribution in [2.45, 2.75) is 18.6 Å². The first-order chi connectivity index (χ1) is 12.7. The molecule has 27 heavy (non-hydrogen) atoms. The van der Waals surface area contributed by atoms with Gasteiger partial charge in [-0.25, -0.2) is 0 Å². The van der Waals surface area contributed by atoms with Crippen LogP contribution in [0.3, 0.4) is 0 Å². The molecule has 142 valence electrons. The van der Waals surface area contributed by atoms with Crippen molar-refractivity contribution in [2.75, 3.05) is 20.2 Å². The zero-order chi connectivity index (χ0) is 18.1. The van der Waals surface area contributed by atoms with E-state index < -0.39 is 0 Å². The minimum atomic E-state index is -0.123. The van der Waals surface area contributed by atoms with E-state index in [0.717, 1.165) is 16.5 Å². The Bertz CT molecular complexity index is 926. The molecule has 0 bridgehead atoms. The second-order valence-electron chi connectivity index (χ2n) is 6.73. The van der Waals surface area contributed by atoms with Crippen molar-refractivity contribution in [3.63, 3.8) is 0 Å². The molecule has 4 rings (SSSR count). The first kappa shape index (κ1) is 19.4. The van der Waals surface area contributed by atoms with Crippen molar-refractivity contribution in [1.82, 2.24) is 4.90 Å². The second-order valence-corrected chi connectivity index (χ2v) is 6.73. The molecule has 2 N–H and O–H groups in total. The van der Waals surface area contributed by atoms with Crippen LogP contribution in [0.2, 0.25) is 0 Å². The molecule has 0 spiro atoms. The van der Waals surface area contributed by atoms with Crippen LogP contribution < -0.4 is 5.73 Å². The summed E-state index contributed by atoms with van der Waals surface area (Å²) in [5.74, 6) is 0.367. The zero-order valence-electron chi connectivity index (χ0n) is 15.1. The maximum atomic E-state index is 13.2. The summed E-state index contributed by atoms with van der Waals surface area (Å²) in [7, 11) is 1.62. The van der Waals surface area contributed by atoms with E-state index in [1.54, 1.807) is 12.0 Å². The monoisotopic (exact) mass is 386 g/mol. The Morgan fingerprint density at radius 1 is 1.15 bits per heavy atom. The van der Waals surface area contributed by atoms with Gasteiger partial charge < -0.3 is 19.8 Å². The molecule has 1 saturated heterocycles. The lowest BCUT2D eigenvalue weighted by molar-refractivity contribution is 0.0753. The number of hydrogen-bond acceptors (Lipinski definition) is 4. The Hall–Kier alpha value is -2.34. The molecule has 0 radical (unpaired) electrons. The molecule has 6 heteroatoms. The van der Waals surface area contributed by atoms with Gasteiger partial charge >= 0.3 is 0 Å². The number of methoxy groups -OCH3 is 1. The summed E-state index contributed by atoms with van der Waals surface area (Å²) in [6.45, 7) is 1.44. The van der Waals surface area contributed by atoms with Gasteiger partial charge in [-0.05, 0) is 11.6 Å². The van der Waals surface area contributed by atoms with Crippen LogP contribution in [0, 0.1) is 0 Å². The van der Waals surface area contributed by atoms with Crippen molar-refractivity contribution in [2.24, 2.45) is 5.73 Å². The Kier molecular flexibility index (Phi) is 5.85. The molecule has 0 aliphatic carbocycles. The molecule has 1 aliphatic heterocycles. The number of likely N-dealkylation sites (tertiary alicyclic amines) is 1. The van der Waals surface area contributed by atoms with Crippen LogP contribution in [-0.4, -0.2) is 37.0 Å². The van der Waals surface area contributed by atoms with E-state index in [0.29, 0.717) is 31.0 Å². The van der Waals surface area contributed by atoms with E-state index in [-0.39, 0.29) is 30.3 Å². The first-order valence-electron chi connectivity index (χ1n) is 8.78. The number of fused-ring (bicyclic) bond motifs is 1. The Labute approximate surface area is 164 Å². The van der Waals surface area contributed by atoms with Crippen LogP contribution in [-0.2, 0) is 11.3 Å². The van der Waals surface area contributed by atoms with Gasteiger partial charge in [0.15, 0.2) is 5.76 Å². The predicted molar refractivity (Wildman–Crippen MR) is 107 cm³/mol. The van der Waals surface area contributed by atoms with Crippen LogP contribution in [0.25, 0.3) is 11.0 Å². The maximum Gasteiger partial charge on any atom is 0.290 e. The Morgan fingerprint density at radius 3 is 2.59 bits per heavy atom. The van der Waals surface area contributed by atoms with Crippen molar-refractivity contribution < 1.29 is 13.9 Å². The van der Waals surface area contributed by atoms with Gasteiger partial charge in [-0.15, -0.1) is 12.4 Å². The van der Waals surface area contributed by atoms with Crippen LogP contribution in [0.15, 0.2) is 59.0 Å². The summed E-state index contributed by atoms with van der Waals surface area (Å²) in [6.07, 6.45) is 0. The standard InChI is InChI=1S/C21H22N2O3.ClH/c1-25-13-17-15-9-5-6-10-19(15)26-20(17)21(24)23-11-16(18(22)12-23)14-7-3-2-4-8-14;/h2-10,16,18H,11-13,22H2,1H3;1H/t16-,18+;/m0./s1. The van der Waals surface area contributed by atoms with Crippen LogP contribution in [0.4, 0.5) is 0 Å². The average Bonchev–Trinajstić information content (AvgIpc) is 3.23. The number of benzene rings is 2. The summed E-state index contributed by atoms with van der Waals surface area (Å²) >= 11 is 0. The quantitative estimate of drug-likeness (QED) is 0.744. The zero-order valence-corrected chi connectivity index (χ0v) is 15.9. The average molecular weight is 387 g/mol. The van der Waals surface area contributed by atoms with Gasteiger partial charge in [0.2, 0.25) is 0 Å². The highest BCUT2D eigenvalue weighted by Gasteiger charge is 2.36. The fourth-order valence-electron chi connectivity index (χ4n) is 3.75. The second kappa shape index (κ2) is 8.13. The van der Waals surface area contributed by atoms with Crippen molar-refractivity contribution in [3.05, 3.63) is 71.5 Å². The van der Waals surface area contributed by atoms with E-state index in [4.69, 9.17) is 14.9 Å². The number of hydrogen-bond donors (Lipinski definition) is 1. The number of para-hydroxylation sites is 1. The third-order valence-electron chi connectivity index (χ3n) is 5.06. The van der Waals surface area contributed by atoms with Gasteiger partial charge in [-0.2, -0.15) is 0 Å². The summed E-state index contributed by atoms with van der Waals surface area (Å²) < 4.78 is 11.2. The van der Waals surface area contributed by atoms with Gasteiger partial charge in [0.1, 0.15) is 5.58 Å². The fraction of sp³-hybridized carbons (Fsp3) is 0.286. The normalized spacial score (nSPS) is 19.3. The smallest absolute Gasteiger partial charge is 0.290 e. The van der Waals surface area contributed by atoms with E-state index in [2.05, 4.69) is 12.1 Å². The topological polar surface area (TPSA) is 68.7 Å². The van der Waals surface area contributed by atoms with E-state index in [1.165, 1.54) is 0 Å². The molecule has 3 aromatic rings. The molecule has 2 atom stereocenters. The SMILES string of the molecule is COCc1c(C(=O)N2C[C@@H](N)[C@H](c3ccccc3)C2)oc2ccccc12.Cl. The van der Waals surface area contributed by atoms with Crippen molar-refractivity contribution >= 4 is 29.3 Å². The van der Waals surface area contributed by atoms with Crippen LogP contribution in [0.1, 0.15) is 27.6 Å². The molecule has 1 fully saturated rings. The summed E-state index contributed by atoms with van der Waals surface area (Å²) in [5, 5.41) is 0.917. The molecule has 1 aromatic heterocycles. The number of carbonyl (C=O) groups is 1. The number of amides is 1. The lowest BCUT2D eigenvalue weighted by Gasteiger charge is -2.16. The number of carbonyl (C=O) groups excluding carboxylic acids is 1. The van der Waals surface area contributed by atoms with Crippen LogP contribution >= 0.6 is 12.4 Å². The molecule has 0 saturated carbocycles. The van der Waals surface area contributed by atoms with Gasteiger partial charge in [-0.3, -0.25) is 4.79 Å². The van der Waals surface area contributed by atoms with Crippen molar-refractivity contribution in [3.8, 4) is 0 Å². The first-order valence-corrected chi connectivity index (χ1v) is 8.78. The molecular weight excluding hydrogens is 364 g/mol. The third-order valence-corrected chi connectivity index (χ3v) is 5.06. The largest absolute Gasteiger partial charge is 0.451 e. The number of halogens is 1. The van der Waals surface area contributed by atoms with E-state index in [9.17, 15) is 4.79 Å². The van der Waals surface area contributed by atoms with E-state index in [1.807, 2.05) is 42.5 Å². The number of nitrogens with two attached hydrogens (primary N) is 1. The molecular formula is C21H23ClN2O3. The summed E-state index contributed by atoms with van der Waals surface area (Å²) in [4.78, 5) is 14.9. The van der Waals surface area contributed by atoms with Crippen molar-refractivity contribution in [1.29, 1.82) is 0 Å². The number of furan rings is 1. The Balaban J connectivity index is 0.00000210. The van der Waals surface area contributed by atoms with Crippen LogP contribution in [0.5, 0.6) is 0 Å². The van der Waals surface area contributed by atoms with E-state index >= 15 is 0 Å². The molecule has 2 aromatic carbocycles. The fourth-order valence-corrected chi connectivity index (χ4v) is 3.75. The molecule has 0 unspecified atom stereocenters. The summed E-state index contributed by atoms with van der Waals surface area (Å²) in [5.41, 5.74) is 9.00. The number of nitrogens with zero attached hydrogens (tertiary/aromatic N) is 1. The molecule has 1 aliphatic rings. The Morgan fingerprint density at radius 2 is 1.85 bits per heavy atom. The molecule has 5 nitrogen and oxygen atoms in total. The van der Waals surface area contributed by atoms with Gasteiger partial charge in [-0.1, -0.05) is 48.5 Å². The minimum Gasteiger partial charge on any atom is -0.451 e. The maximum absolute atomic E-state index is 13.2. The number of rotatable bonds is 4. The van der Waals surface area contributed by atoms with Gasteiger partial charge in [0.05, 0.1) is 6.61 Å². The highest BCUT2D eigenvalue weighted by atomic mass is 35.5. The predicted octanol–water partition coefficient (Wildman–Crippen LogP) is 3.57. The summed E-state index contributed by atoms with van der Waals surface area (Å²) in [6, 6.07) is 17.7.